The van der Waals surface area contributed by atoms with Gasteiger partial charge in [0.2, 0.25) is 0 Å². The van der Waals surface area contributed by atoms with Crippen molar-refractivity contribution in [3.8, 4) is 0 Å². The largest absolute Gasteiger partial charge is 0.328 e. The second kappa shape index (κ2) is 3.35. The Labute approximate surface area is 74.9 Å². The zero-order chi connectivity index (χ0) is 8.55. The van der Waals surface area contributed by atoms with E-state index in [4.69, 9.17) is 5.73 Å². The second-order valence-corrected chi connectivity index (χ2v) is 4.67. The Balaban J connectivity index is 1.61. The molecule has 0 aromatic rings. The third-order valence-corrected chi connectivity index (χ3v) is 3.36. The van der Waals surface area contributed by atoms with Crippen molar-refractivity contribution in [2.24, 2.45) is 17.6 Å². The molecule has 0 heterocycles. The second-order valence-electron chi connectivity index (χ2n) is 4.67. The van der Waals surface area contributed by atoms with E-state index in [-0.39, 0.29) is 0 Å². The van der Waals surface area contributed by atoms with Crippen LogP contribution in [0.3, 0.4) is 0 Å². The van der Waals surface area contributed by atoms with Gasteiger partial charge in [0, 0.05) is 12.1 Å². The van der Waals surface area contributed by atoms with Crippen molar-refractivity contribution in [3.05, 3.63) is 0 Å². The molecule has 2 heteroatoms. The molecule has 2 saturated carbocycles. The van der Waals surface area contributed by atoms with Crippen molar-refractivity contribution in [2.45, 2.75) is 44.7 Å². The predicted octanol–water partition coefficient (Wildman–Crippen LogP) is 1.11. The molecule has 0 amide bonds. The lowest BCUT2D eigenvalue weighted by atomic mass is 10.1. The Bertz CT molecular complexity index is 158. The molecular formula is C10H20N2. The van der Waals surface area contributed by atoms with Gasteiger partial charge in [-0.15, -0.1) is 0 Å². The minimum Gasteiger partial charge on any atom is -0.328 e. The lowest BCUT2D eigenvalue weighted by Crippen LogP contribution is -2.25. The standard InChI is InChI=1S/C10H20N2/c1-7-4-10(7)12-6-8-2-3-9(11)5-8/h7-10,12H,2-6,11H2,1H3. The molecule has 2 rings (SSSR count). The first-order chi connectivity index (χ1) is 5.75. The number of nitrogens with two attached hydrogens (primary N) is 1. The summed E-state index contributed by atoms with van der Waals surface area (Å²) in [4.78, 5) is 0. The van der Waals surface area contributed by atoms with Crippen LogP contribution in [-0.4, -0.2) is 18.6 Å². The monoisotopic (exact) mass is 168 g/mol. The third-order valence-electron chi connectivity index (χ3n) is 3.36. The van der Waals surface area contributed by atoms with E-state index in [1.54, 1.807) is 0 Å². The molecule has 2 aliphatic rings. The molecule has 4 atom stereocenters. The highest BCUT2D eigenvalue weighted by Gasteiger charge is 2.33. The zero-order valence-corrected chi connectivity index (χ0v) is 7.92. The van der Waals surface area contributed by atoms with Crippen molar-refractivity contribution in [3.63, 3.8) is 0 Å². The zero-order valence-electron chi connectivity index (χ0n) is 7.92. The van der Waals surface area contributed by atoms with Crippen molar-refractivity contribution in [1.82, 2.24) is 5.32 Å². The quantitative estimate of drug-likeness (QED) is 0.662. The first-order valence-electron chi connectivity index (χ1n) is 5.24. The van der Waals surface area contributed by atoms with Gasteiger partial charge in [-0.2, -0.15) is 0 Å². The summed E-state index contributed by atoms with van der Waals surface area (Å²) in [6.45, 7) is 3.53. The number of hydrogen-bond donors (Lipinski definition) is 2. The topological polar surface area (TPSA) is 38.0 Å². The molecule has 0 radical (unpaired) electrons. The van der Waals surface area contributed by atoms with Crippen molar-refractivity contribution in [1.29, 1.82) is 0 Å². The van der Waals surface area contributed by atoms with Gasteiger partial charge in [-0.3, -0.25) is 0 Å². The molecule has 0 aromatic carbocycles. The molecule has 12 heavy (non-hydrogen) atoms. The Morgan fingerprint density at radius 1 is 1.33 bits per heavy atom. The Morgan fingerprint density at radius 3 is 2.58 bits per heavy atom. The van der Waals surface area contributed by atoms with Gasteiger partial charge in [-0.25, -0.2) is 0 Å². The maximum atomic E-state index is 5.85. The molecule has 0 spiro atoms. The molecule has 70 valence electrons. The minimum absolute atomic E-state index is 0.494. The van der Waals surface area contributed by atoms with E-state index in [0.717, 1.165) is 17.9 Å². The average molecular weight is 168 g/mol. The first kappa shape index (κ1) is 8.52. The van der Waals surface area contributed by atoms with E-state index in [1.807, 2.05) is 0 Å². The van der Waals surface area contributed by atoms with E-state index in [1.165, 1.54) is 32.2 Å². The van der Waals surface area contributed by atoms with Crippen LogP contribution in [0.1, 0.15) is 32.6 Å². The number of rotatable bonds is 3. The Morgan fingerprint density at radius 2 is 2.08 bits per heavy atom. The van der Waals surface area contributed by atoms with E-state index in [2.05, 4.69) is 12.2 Å². The Hall–Kier alpha value is -0.0800. The van der Waals surface area contributed by atoms with Gasteiger partial charge in [0.05, 0.1) is 0 Å². The summed E-state index contributed by atoms with van der Waals surface area (Å²) in [5.41, 5.74) is 5.85. The molecule has 0 saturated heterocycles. The smallest absolute Gasteiger partial charge is 0.00965 e. The van der Waals surface area contributed by atoms with E-state index >= 15 is 0 Å². The lowest BCUT2D eigenvalue weighted by molar-refractivity contribution is 0.475. The molecule has 2 nitrogen and oxygen atoms in total. The normalized spacial score (nSPS) is 46.5. The molecule has 2 aliphatic carbocycles. The summed E-state index contributed by atoms with van der Waals surface area (Å²) in [5.74, 6) is 1.80. The summed E-state index contributed by atoms with van der Waals surface area (Å²) >= 11 is 0. The van der Waals surface area contributed by atoms with Gasteiger partial charge in [0.1, 0.15) is 0 Å². The number of nitrogens with one attached hydrogen (secondary N) is 1. The highest BCUT2D eigenvalue weighted by Crippen LogP contribution is 2.30. The van der Waals surface area contributed by atoms with Crippen LogP contribution < -0.4 is 11.1 Å². The highest BCUT2D eigenvalue weighted by molar-refractivity contribution is 4.91. The summed E-state index contributed by atoms with van der Waals surface area (Å²) in [7, 11) is 0. The molecule has 4 unspecified atom stereocenters. The van der Waals surface area contributed by atoms with Crippen molar-refractivity contribution >= 4 is 0 Å². The van der Waals surface area contributed by atoms with Crippen molar-refractivity contribution < 1.29 is 0 Å². The van der Waals surface area contributed by atoms with Crippen LogP contribution in [0, 0.1) is 11.8 Å². The van der Waals surface area contributed by atoms with Crippen LogP contribution in [0.25, 0.3) is 0 Å². The van der Waals surface area contributed by atoms with Crippen LogP contribution >= 0.6 is 0 Å². The fourth-order valence-corrected chi connectivity index (χ4v) is 2.22. The highest BCUT2D eigenvalue weighted by atomic mass is 15.0. The summed E-state index contributed by atoms with van der Waals surface area (Å²) in [6, 6.07) is 1.33. The van der Waals surface area contributed by atoms with Gasteiger partial charge in [-0.05, 0) is 44.1 Å². The maximum absolute atomic E-state index is 5.85. The van der Waals surface area contributed by atoms with Crippen molar-refractivity contribution in [2.75, 3.05) is 6.54 Å². The van der Waals surface area contributed by atoms with Crippen LogP contribution in [0.4, 0.5) is 0 Å². The van der Waals surface area contributed by atoms with Crippen LogP contribution in [0.5, 0.6) is 0 Å². The van der Waals surface area contributed by atoms with Crippen LogP contribution in [-0.2, 0) is 0 Å². The predicted molar refractivity (Wildman–Crippen MR) is 50.9 cm³/mol. The average Bonchev–Trinajstić information content (AvgIpc) is 2.56. The molecule has 0 aromatic heterocycles. The Kier molecular flexibility index (Phi) is 2.37. The fraction of sp³-hybridized carbons (Fsp3) is 1.00. The van der Waals surface area contributed by atoms with Gasteiger partial charge in [-0.1, -0.05) is 6.92 Å². The third kappa shape index (κ3) is 1.99. The van der Waals surface area contributed by atoms with Gasteiger partial charge >= 0.3 is 0 Å². The summed E-state index contributed by atoms with van der Waals surface area (Å²) in [6.07, 6.45) is 5.22. The molecule has 2 fully saturated rings. The molecule has 0 aliphatic heterocycles. The van der Waals surface area contributed by atoms with E-state index < -0.39 is 0 Å². The fourth-order valence-electron chi connectivity index (χ4n) is 2.22. The van der Waals surface area contributed by atoms with Crippen LogP contribution in [0.15, 0.2) is 0 Å². The van der Waals surface area contributed by atoms with E-state index in [0.29, 0.717) is 6.04 Å². The summed E-state index contributed by atoms with van der Waals surface area (Å²) in [5, 5.41) is 3.61. The lowest BCUT2D eigenvalue weighted by Gasteiger charge is -2.10. The van der Waals surface area contributed by atoms with Gasteiger partial charge in [0.15, 0.2) is 0 Å². The number of hydrogen-bond acceptors (Lipinski definition) is 2. The molecule has 3 N–H and O–H groups in total. The van der Waals surface area contributed by atoms with Crippen LogP contribution in [0.2, 0.25) is 0 Å². The first-order valence-corrected chi connectivity index (χ1v) is 5.24. The summed E-state index contributed by atoms with van der Waals surface area (Å²) < 4.78 is 0. The van der Waals surface area contributed by atoms with Gasteiger partial charge in [0.25, 0.3) is 0 Å². The molecular weight excluding hydrogens is 148 g/mol. The molecule has 0 bridgehead atoms. The SMILES string of the molecule is CC1CC1NCC1CCC(N)C1. The maximum Gasteiger partial charge on any atom is 0.00965 e. The van der Waals surface area contributed by atoms with E-state index in [9.17, 15) is 0 Å². The van der Waals surface area contributed by atoms with Gasteiger partial charge < -0.3 is 11.1 Å². The minimum atomic E-state index is 0.494.